The van der Waals surface area contributed by atoms with E-state index < -0.39 is 12.7 Å². The van der Waals surface area contributed by atoms with Gasteiger partial charge in [-0.3, -0.25) is 0 Å². The molecule has 0 saturated carbocycles. The summed E-state index contributed by atoms with van der Waals surface area (Å²) in [7, 11) is 0. The van der Waals surface area contributed by atoms with E-state index in [-0.39, 0.29) is 0 Å². The van der Waals surface area contributed by atoms with Gasteiger partial charge in [0.1, 0.15) is 12.4 Å². The highest BCUT2D eigenvalue weighted by molar-refractivity contribution is 5.30. The molecule has 0 saturated heterocycles. The van der Waals surface area contributed by atoms with Gasteiger partial charge in [0, 0.05) is 0 Å². The van der Waals surface area contributed by atoms with Crippen molar-refractivity contribution in [1.29, 1.82) is 0 Å². The third-order valence-electron chi connectivity index (χ3n) is 1.76. The highest BCUT2D eigenvalue weighted by Gasteiger charge is 2.05. The van der Waals surface area contributed by atoms with Crippen LogP contribution >= 0.6 is 0 Å². The molecule has 0 aromatic heterocycles. The molecule has 13 heavy (non-hydrogen) atoms. The van der Waals surface area contributed by atoms with Crippen LogP contribution in [-0.4, -0.2) is 13.3 Å². The molecule has 72 valence electrons. The first kappa shape index (κ1) is 9.99. The predicted molar refractivity (Wildman–Crippen MR) is 50.5 cm³/mol. The molecule has 1 aromatic rings. The average molecular weight is 183 g/mol. The van der Waals surface area contributed by atoms with Gasteiger partial charge in [0.2, 0.25) is 0 Å². The average Bonchev–Trinajstić information content (AvgIpc) is 2.18. The van der Waals surface area contributed by atoms with E-state index in [2.05, 4.69) is 0 Å². The highest BCUT2D eigenvalue weighted by atomic mass is 19.1. The summed E-state index contributed by atoms with van der Waals surface area (Å²) in [6, 6.07) is 6.68. The summed E-state index contributed by atoms with van der Waals surface area (Å²) in [5.41, 5.74) is 6.30. The van der Waals surface area contributed by atoms with Crippen LogP contribution in [0.5, 0.6) is 5.75 Å². The zero-order valence-electron chi connectivity index (χ0n) is 7.66. The Morgan fingerprint density at radius 1 is 1.54 bits per heavy atom. The standard InChI is InChI=1S/C10H14FNO/c1-2-13-9-5-3-4-8(6-9)10(12)7-11/h3-6,10H,2,7,12H2,1H3/t10-/m1/s1. The van der Waals surface area contributed by atoms with E-state index in [1.54, 1.807) is 12.1 Å². The summed E-state index contributed by atoms with van der Waals surface area (Å²) >= 11 is 0. The van der Waals surface area contributed by atoms with Crippen LogP contribution in [0.3, 0.4) is 0 Å². The van der Waals surface area contributed by atoms with Crippen LogP contribution < -0.4 is 10.5 Å². The molecule has 0 fully saturated rings. The molecular formula is C10H14FNO. The van der Waals surface area contributed by atoms with Crippen LogP contribution in [0.15, 0.2) is 24.3 Å². The van der Waals surface area contributed by atoms with E-state index in [1.807, 2.05) is 19.1 Å². The first-order valence-corrected chi connectivity index (χ1v) is 4.32. The maximum absolute atomic E-state index is 12.2. The quantitative estimate of drug-likeness (QED) is 0.775. The molecule has 1 atom stereocenters. The summed E-state index contributed by atoms with van der Waals surface area (Å²) in [5.74, 6) is 0.740. The van der Waals surface area contributed by atoms with Gasteiger partial charge in [-0.25, -0.2) is 4.39 Å². The number of benzene rings is 1. The van der Waals surface area contributed by atoms with Crippen LogP contribution in [0.1, 0.15) is 18.5 Å². The Kier molecular flexibility index (Phi) is 3.71. The Hall–Kier alpha value is -1.09. The fourth-order valence-corrected chi connectivity index (χ4v) is 1.09. The SMILES string of the molecule is CCOc1cccc([C@H](N)CF)c1. The monoisotopic (exact) mass is 183 g/mol. The normalized spacial score (nSPS) is 12.5. The zero-order valence-corrected chi connectivity index (χ0v) is 7.66. The van der Waals surface area contributed by atoms with Gasteiger partial charge in [0.05, 0.1) is 12.6 Å². The molecule has 3 heteroatoms. The molecule has 1 aromatic carbocycles. The second-order valence-electron chi connectivity index (χ2n) is 2.77. The van der Waals surface area contributed by atoms with Crippen molar-refractivity contribution in [1.82, 2.24) is 0 Å². The molecule has 0 heterocycles. The van der Waals surface area contributed by atoms with Crippen LogP contribution in [-0.2, 0) is 0 Å². The summed E-state index contributed by atoms with van der Waals surface area (Å²) in [4.78, 5) is 0. The van der Waals surface area contributed by atoms with Crippen LogP contribution in [0, 0.1) is 0 Å². The summed E-state index contributed by atoms with van der Waals surface area (Å²) < 4.78 is 17.5. The minimum absolute atomic E-state index is 0.541. The zero-order chi connectivity index (χ0) is 9.68. The van der Waals surface area contributed by atoms with Crippen molar-refractivity contribution in [3.63, 3.8) is 0 Å². The molecule has 0 bridgehead atoms. The van der Waals surface area contributed by atoms with Gasteiger partial charge < -0.3 is 10.5 Å². The molecule has 2 N–H and O–H groups in total. The van der Waals surface area contributed by atoms with Gasteiger partial charge in [-0.15, -0.1) is 0 Å². The topological polar surface area (TPSA) is 35.2 Å². The first-order chi connectivity index (χ1) is 6.27. The van der Waals surface area contributed by atoms with E-state index in [9.17, 15) is 4.39 Å². The lowest BCUT2D eigenvalue weighted by atomic mass is 10.1. The van der Waals surface area contributed by atoms with Crippen molar-refractivity contribution >= 4 is 0 Å². The van der Waals surface area contributed by atoms with Crippen molar-refractivity contribution < 1.29 is 9.13 Å². The second-order valence-corrected chi connectivity index (χ2v) is 2.77. The maximum Gasteiger partial charge on any atom is 0.119 e. The summed E-state index contributed by atoms with van der Waals surface area (Å²) in [6.45, 7) is 1.96. The van der Waals surface area contributed by atoms with E-state index in [0.717, 1.165) is 11.3 Å². The van der Waals surface area contributed by atoms with Crippen LogP contribution in [0.4, 0.5) is 4.39 Å². The van der Waals surface area contributed by atoms with Crippen molar-refractivity contribution in [3.8, 4) is 5.75 Å². The number of alkyl halides is 1. The number of nitrogens with two attached hydrogens (primary N) is 1. The molecule has 0 aliphatic carbocycles. The molecule has 0 aliphatic rings. The van der Waals surface area contributed by atoms with E-state index in [4.69, 9.17) is 10.5 Å². The molecule has 0 radical (unpaired) electrons. The van der Waals surface area contributed by atoms with Crippen LogP contribution in [0.2, 0.25) is 0 Å². The lowest BCUT2D eigenvalue weighted by Crippen LogP contribution is -2.12. The van der Waals surface area contributed by atoms with Gasteiger partial charge in [0.15, 0.2) is 0 Å². The molecule has 0 spiro atoms. The highest BCUT2D eigenvalue weighted by Crippen LogP contribution is 2.17. The Morgan fingerprint density at radius 3 is 2.92 bits per heavy atom. The molecular weight excluding hydrogens is 169 g/mol. The van der Waals surface area contributed by atoms with Gasteiger partial charge in [-0.05, 0) is 24.6 Å². The maximum atomic E-state index is 12.2. The first-order valence-electron chi connectivity index (χ1n) is 4.32. The number of hydrogen-bond acceptors (Lipinski definition) is 2. The number of hydrogen-bond donors (Lipinski definition) is 1. The number of ether oxygens (including phenoxy) is 1. The predicted octanol–water partition coefficient (Wildman–Crippen LogP) is 2.05. The largest absolute Gasteiger partial charge is 0.494 e. The van der Waals surface area contributed by atoms with Crippen molar-refractivity contribution in [2.24, 2.45) is 5.73 Å². The summed E-state index contributed by atoms with van der Waals surface area (Å²) in [6.07, 6.45) is 0. The molecule has 0 unspecified atom stereocenters. The minimum Gasteiger partial charge on any atom is -0.494 e. The van der Waals surface area contributed by atoms with Gasteiger partial charge >= 0.3 is 0 Å². The summed E-state index contributed by atoms with van der Waals surface area (Å²) in [5, 5.41) is 0. The molecule has 0 aliphatic heterocycles. The van der Waals surface area contributed by atoms with Crippen molar-refractivity contribution in [2.45, 2.75) is 13.0 Å². The third-order valence-corrected chi connectivity index (χ3v) is 1.76. The van der Waals surface area contributed by atoms with Crippen molar-refractivity contribution in [2.75, 3.05) is 13.3 Å². The van der Waals surface area contributed by atoms with E-state index in [0.29, 0.717) is 6.61 Å². The Balaban J connectivity index is 2.78. The molecule has 0 amide bonds. The van der Waals surface area contributed by atoms with E-state index in [1.165, 1.54) is 0 Å². The lowest BCUT2D eigenvalue weighted by molar-refractivity contribution is 0.339. The minimum atomic E-state index is -0.546. The molecule has 2 nitrogen and oxygen atoms in total. The second kappa shape index (κ2) is 4.82. The lowest BCUT2D eigenvalue weighted by Gasteiger charge is -2.09. The number of halogens is 1. The smallest absolute Gasteiger partial charge is 0.119 e. The Bertz CT molecular complexity index is 265. The van der Waals surface area contributed by atoms with Gasteiger partial charge in [-0.2, -0.15) is 0 Å². The third kappa shape index (κ3) is 2.70. The fourth-order valence-electron chi connectivity index (χ4n) is 1.09. The van der Waals surface area contributed by atoms with Crippen molar-refractivity contribution in [3.05, 3.63) is 29.8 Å². The molecule has 1 rings (SSSR count). The van der Waals surface area contributed by atoms with Gasteiger partial charge in [0.25, 0.3) is 0 Å². The fraction of sp³-hybridized carbons (Fsp3) is 0.400. The van der Waals surface area contributed by atoms with Crippen LogP contribution in [0.25, 0.3) is 0 Å². The Morgan fingerprint density at radius 2 is 2.31 bits per heavy atom. The Labute approximate surface area is 77.5 Å². The van der Waals surface area contributed by atoms with E-state index >= 15 is 0 Å². The van der Waals surface area contributed by atoms with Gasteiger partial charge in [-0.1, -0.05) is 12.1 Å². The number of rotatable bonds is 4.